The van der Waals surface area contributed by atoms with E-state index in [9.17, 15) is 4.79 Å². The summed E-state index contributed by atoms with van der Waals surface area (Å²) in [6.45, 7) is 0.495. The highest BCUT2D eigenvalue weighted by Crippen LogP contribution is 2.16. The molecule has 16 heavy (non-hydrogen) atoms. The lowest BCUT2D eigenvalue weighted by Gasteiger charge is -2.10. The van der Waals surface area contributed by atoms with E-state index in [0.717, 1.165) is 5.56 Å². The average Bonchev–Trinajstić information content (AvgIpc) is 2.28. The first-order chi connectivity index (χ1) is 7.65. The van der Waals surface area contributed by atoms with Crippen LogP contribution in [0.2, 0.25) is 5.02 Å². The number of carbonyl (C=O) groups excluding carboxylic acids is 1. The Labute approximate surface area is 101 Å². The van der Waals surface area contributed by atoms with Gasteiger partial charge < -0.3 is 10.5 Å². The van der Waals surface area contributed by atoms with Gasteiger partial charge >= 0.3 is 0 Å². The molecule has 0 bridgehead atoms. The molecule has 1 atom stereocenters. The zero-order valence-electron chi connectivity index (χ0n) is 9.28. The second kappa shape index (κ2) is 6.63. The zero-order chi connectivity index (χ0) is 12.0. The van der Waals surface area contributed by atoms with Gasteiger partial charge in [0, 0.05) is 25.2 Å². The van der Waals surface area contributed by atoms with Crippen molar-refractivity contribution in [1.29, 1.82) is 0 Å². The maximum absolute atomic E-state index is 11.7. The van der Waals surface area contributed by atoms with E-state index in [1.54, 1.807) is 13.2 Å². The number of Topliss-reactive ketones (excluding diaryl/α,β-unsaturated/α-hetero) is 1. The normalized spacial score (nSPS) is 12.4. The fourth-order valence-corrected chi connectivity index (χ4v) is 1.57. The number of ketones is 1. The fourth-order valence-electron chi connectivity index (χ4n) is 1.37. The number of ether oxygens (including phenoxy) is 1. The van der Waals surface area contributed by atoms with Crippen molar-refractivity contribution in [3.8, 4) is 0 Å². The van der Waals surface area contributed by atoms with E-state index in [2.05, 4.69) is 0 Å². The van der Waals surface area contributed by atoms with E-state index in [0.29, 0.717) is 18.1 Å². The van der Waals surface area contributed by atoms with Crippen molar-refractivity contribution in [3.63, 3.8) is 0 Å². The third-order valence-corrected chi connectivity index (χ3v) is 2.74. The lowest BCUT2D eigenvalue weighted by molar-refractivity contribution is -0.120. The van der Waals surface area contributed by atoms with Gasteiger partial charge in [-0.2, -0.15) is 0 Å². The Bertz CT molecular complexity index is 355. The van der Waals surface area contributed by atoms with Gasteiger partial charge in [0.05, 0.1) is 6.04 Å². The number of benzene rings is 1. The lowest BCUT2D eigenvalue weighted by Crippen LogP contribution is -2.32. The van der Waals surface area contributed by atoms with Crippen LogP contribution in [0.5, 0.6) is 0 Å². The summed E-state index contributed by atoms with van der Waals surface area (Å²) in [5.41, 5.74) is 6.55. The van der Waals surface area contributed by atoms with Crippen LogP contribution in [0.25, 0.3) is 0 Å². The second-order valence-corrected chi connectivity index (χ2v) is 4.03. The van der Waals surface area contributed by atoms with Gasteiger partial charge in [-0.15, -0.1) is 0 Å². The molecule has 0 fully saturated rings. The van der Waals surface area contributed by atoms with Crippen molar-refractivity contribution in [3.05, 3.63) is 34.9 Å². The van der Waals surface area contributed by atoms with Crippen molar-refractivity contribution in [2.75, 3.05) is 13.7 Å². The molecule has 1 aromatic rings. The molecule has 0 radical (unpaired) electrons. The summed E-state index contributed by atoms with van der Waals surface area (Å²) in [6, 6.07) is 6.82. The van der Waals surface area contributed by atoms with Gasteiger partial charge in [0.1, 0.15) is 0 Å². The van der Waals surface area contributed by atoms with Crippen LogP contribution in [0, 0.1) is 0 Å². The molecule has 4 heteroatoms. The van der Waals surface area contributed by atoms with E-state index in [4.69, 9.17) is 22.1 Å². The van der Waals surface area contributed by atoms with E-state index in [-0.39, 0.29) is 12.2 Å². The first-order valence-electron chi connectivity index (χ1n) is 5.15. The number of carbonyl (C=O) groups is 1. The molecule has 0 aliphatic rings. The summed E-state index contributed by atoms with van der Waals surface area (Å²) in [7, 11) is 1.59. The maximum Gasteiger partial charge on any atom is 0.154 e. The predicted molar refractivity (Wildman–Crippen MR) is 64.6 cm³/mol. The standard InChI is InChI=1S/C12H16ClNO2/c1-16-7-6-11(14)12(15)8-9-4-2-3-5-10(9)13/h2-5,11H,6-8,14H2,1H3. The molecular formula is C12H16ClNO2. The topological polar surface area (TPSA) is 52.3 Å². The average molecular weight is 242 g/mol. The molecule has 0 aromatic heterocycles. The van der Waals surface area contributed by atoms with Gasteiger partial charge in [0.15, 0.2) is 5.78 Å². The minimum atomic E-state index is -0.476. The second-order valence-electron chi connectivity index (χ2n) is 3.62. The Morgan fingerprint density at radius 3 is 2.81 bits per heavy atom. The molecule has 88 valence electrons. The Kier molecular flexibility index (Phi) is 5.46. The molecule has 0 heterocycles. The molecule has 0 aliphatic heterocycles. The molecule has 1 rings (SSSR count). The van der Waals surface area contributed by atoms with Gasteiger partial charge in [0.25, 0.3) is 0 Å². The fraction of sp³-hybridized carbons (Fsp3) is 0.417. The number of hydrogen-bond acceptors (Lipinski definition) is 3. The largest absolute Gasteiger partial charge is 0.385 e. The smallest absolute Gasteiger partial charge is 0.154 e. The van der Waals surface area contributed by atoms with Gasteiger partial charge in [-0.25, -0.2) is 0 Å². The van der Waals surface area contributed by atoms with Crippen molar-refractivity contribution >= 4 is 17.4 Å². The quantitative estimate of drug-likeness (QED) is 0.827. The third-order valence-electron chi connectivity index (χ3n) is 2.37. The van der Waals surface area contributed by atoms with Crippen LogP contribution in [0.3, 0.4) is 0 Å². The Balaban J connectivity index is 2.54. The lowest BCUT2D eigenvalue weighted by atomic mass is 10.0. The van der Waals surface area contributed by atoms with Gasteiger partial charge in [0.2, 0.25) is 0 Å². The monoisotopic (exact) mass is 241 g/mol. The van der Waals surface area contributed by atoms with Gasteiger partial charge in [-0.3, -0.25) is 4.79 Å². The SMILES string of the molecule is COCCC(N)C(=O)Cc1ccccc1Cl. The molecule has 2 N–H and O–H groups in total. The highest BCUT2D eigenvalue weighted by molar-refractivity contribution is 6.31. The number of nitrogens with two attached hydrogens (primary N) is 1. The molecule has 0 saturated carbocycles. The van der Waals surface area contributed by atoms with Crippen LogP contribution >= 0.6 is 11.6 Å². The Morgan fingerprint density at radius 1 is 1.50 bits per heavy atom. The van der Waals surface area contributed by atoms with Crippen LogP contribution in [0.1, 0.15) is 12.0 Å². The Hall–Kier alpha value is -0.900. The Morgan fingerprint density at radius 2 is 2.19 bits per heavy atom. The molecule has 1 unspecified atom stereocenters. The van der Waals surface area contributed by atoms with Crippen LogP contribution in [-0.2, 0) is 16.0 Å². The molecule has 3 nitrogen and oxygen atoms in total. The minimum Gasteiger partial charge on any atom is -0.385 e. The molecule has 0 saturated heterocycles. The summed E-state index contributed by atoms with van der Waals surface area (Å²) in [5.74, 6) is -0.00912. The number of hydrogen-bond donors (Lipinski definition) is 1. The summed E-state index contributed by atoms with van der Waals surface area (Å²) < 4.78 is 4.88. The van der Waals surface area contributed by atoms with Gasteiger partial charge in [-0.1, -0.05) is 29.8 Å². The van der Waals surface area contributed by atoms with Crippen molar-refractivity contribution in [2.45, 2.75) is 18.9 Å². The van der Waals surface area contributed by atoms with Crippen LogP contribution in [0.4, 0.5) is 0 Å². The molecule has 1 aromatic carbocycles. The van der Waals surface area contributed by atoms with E-state index < -0.39 is 6.04 Å². The first kappa shape index (κ1) is 13.2. The molecular weight excluding hydrogens is 226 g/mol. The van der Waals surface area contributed by atoms with Crippen LogP contribution in [-0.4, -0.2) is 25.5 Å². The van der Waals surface area contributed by atoms with Gasteiger partial charge in [-0.05, 0) is 18.1 Å². The number of methoxy groups -OCH3 is 1. The van der Waals surface area contributed by atoms with Crippen molar-refractivity contribution < 1.29 is 9.53 Å². The third kappa shape index (κ3) is 3.93. The summed E-state index contributed by atoms with van der Waals surface area (Å²) in [5, 5.41) is 0.606. The first-order valence-corrected chi connectivity index (χ1v) is 5.53. The minimum absolute atomic E-state index is 0.00912. The van der Waals surface area contributed by atoms with E-state index in [1.807, 2.05) is 18.2 Å². The molecule has 0 spiro atoms. The van der Waals surface area contributed by atoms with Crippen LogP contribution < -0.4 is 5.73 Å². The van der Waals surface area contributed by atoms with Crippen molar-refractivity contribution in [2.24, 2.45) is 5.73 Å². The predicted octanol–water partition coefficient (Wildman–Crippen LogP) is 1.82. The summed E-state index contributed by atoms with van der Waals surface area (Å²) in [4.78, 5) is 11.7. The van der Waals surface area contributed by atoms with E-state index >= 15 is 0 Å². The number of halogens is 1. The number of rotatable bonds is 6. The molecule has 0 aliphatic carbocycles. The highest BCUT2D eigenvalue weighted by Gasteiger charge is 2.14. The summed E-state index contributed by atoms with van der Waals surface area (Å²) in [6.07, 6.45) is 0.824. The van der Waals surface area contributed by atoms with E-state index in [1.165, 1.54) is 0 Å². The van der Waals surface area contributed by atoms with Crippen molar-refractivity contribution in [1.82, 2.24) is 0 Å². The van der Waals surface area contributed by atoms with Crippen LogP contribution in [0.15, 0.2) is 24.3 Å². The zero-order valence-corrected chi connectivity index (χ0v) is 10.0. The maximum atomic E-state index is 11.7. The summed E-state index contributed by atoms with van der Waals surface area (Å²) >= 11 is 5.96. The molecule has 0 amide bonds. The highest BCUT2D eigenvalue weighted by atomic mass is 35.5.